The lowest BCUT2D eigenvalue weighted by molar-refractivity contribution is 0.0953. The summed E-state index contributed by atoms with van der Waals surface area (Å²) in [4.78, 5) is 35.0. The van der Waals surface area contributed by atoms with E-state index in [1.54, 1.807) is 28.8 Å². The van der Waals surface area contributed by atoms with Crippen molar-refractivity contribution in [1.82, 2.24) is 19.9 Å². The predicted octanol–water partition coefficient (Wildman–Crippen LogP) is 6.81. The first-order valence-electron chi connectivity index (χ1n) is 14.5. The van der Waals surface area contributed by atoms with Gasteiger partial charge < -0.3 is 10.6 Å². The molecule has 3 aromatic rings. The van der Waals surface area contributed by atoms with Crippen molar-refractivity contribution in [3.8, 4) is 5.69 Å². The summed E-state index contributed by atoms with van der Waals surface area (Å²) in [7, 11) is 0. The molecule has 0 bridgehead atoms. The Morgan fingerprint density at radius 2 is 1.61 bits per heavy atom. The molecule has 0 saturated carbocycles. The minimum atomic E-state index is -0.170. The zero-order valence-corrected chi connectivity index (χ0v) is 23.7. The second-order valence-electron chi connectivity index (χ2n) is 10.2. The topological polar surface area (TPSA) is 88.9 Å². The van der Waals surface area contributed by atoms with Gasteiger partial charge in [-0.05, 0) is 56.0 Å². The minimum Gasteiger partial charge on any atom is -0.354 e. The molecule has 0 aliphatic carbocycles. The van der Waals surface area contributed by atoms with Gasteiger partial charge >= 0.3 is 0 Å². The van der Waals surface area contributed by atoms with Crippen LogP contribution in [0.3, 0.4) is 0 Å². The fraction of sp³-hybridized carbons (Fsp3) is 0.548. The first kappa shape index (κ1) is 29.3. The van der Waals surface area contributed by atoms with Crippen LogP contribution in [0.15, 0.2) is 41.2 Å². The van der Waals surface area contributed by atoms with Gasteiger partial charge in [-0.2, -0.15) is 4.98 Å². The van der Waals surface area contributed by atoms with Gasteiger partial charge in [-0.1, -0.05) is 72.1 Å². The summed E-state index contributed by atoms with van der Waals surface area (Å²) in [5, 5.41) is 7.24. The normalized spacial score (nSPS) is 12.0. The molecule has 0 fully saturated rings. The minimum absolute atomic E-state index is 0.0893. The average molecular weight is 520 g/mol. The van der Waals surface area contributed by atoms with Crippen LogP contribution in [0.2, 0.25) is 0 Å². The lowest BCUT2D eigenvalue weighted by Gasteiger charge is -2.17. The lowest BCUT2D eigenvalue weighted by atomic mass is 9.99. The maximum Gasteiger partial charge on any atom is 0.256 e. The summed E-state index contributed by atoms with van der Waals surface area (Å²) in [5.74, 6) is 1.01. The number of carbonyl (C=O) groups excluding carboxylic acids is 1. The van der Waals surface area contributed by atoms with E-state index in [0.717, 1.165) is 36.9 Å². The van der Waals surface area contributed by atoms with Gasteiger partial charge in [0.2, 0.25) is 5.95 Å². The molecular weight excluding hydrogens is 474 g/mol. The number of nitrogens with one attached hydrogen (secondary N) is 2. The lowest BCUT2D eigenvalue weighted by Crippen LogP contribution is -2.24. The number of nitrogens with zero attached hydrogens (tertiary/aromatic N) is 3. The first-order chi connectivity index (χ1) is 18.5. The molecule has 0 saturated heterocycles. The van der Waals surface area contributed by atoms with E-state index in [9.17, 15) is 9.59 Å². The van der Waals surface area contributed by atoms with E-state index >= 15 is 0 Å². The highest BCUT2D eigenvalue weighted by Crippen LogP contribution is 2.20. The van der Waals surface area contributed by atoms with E-state index in [0.29, 0.717) is 35.3 Å². The van der Waals surface area contributed by atoms with Gasteiger partial charge in [0, 0.05) is 30.1 Å². The van der Waals surface area contributed by atoms with Crippen molar-refractivity contribution < 1.29 is 4.79 Å². The number of hydrogen-bond acceptors (Lipinski definition) is 5. The van der Waals surface area contributed by atoms with Crippen LogP contribution in [-0.2, 0) is 0 Å². The summed E-state index contributed by atoms with van der Waals surface area (Å²) >= 11 is 0. The van der Waals surface area contributed by atoms with Gasteiger partial charge in [0.05, 0.1) is 11.4 Å². The van der Waals surface area contributed by atoms with E-state index in [1.807, 2.05) is 19.1 Å². The zero-order chi connectivity index (χ0) is 27.3. The van der Waals surface area contributed by atoms with Crippen LogP contribution < -0.4 is 16.2 Å². The highest BCUT2D eigenvalue weighted by Gasteiger charge is 2.14. The second kappa shape index (κ2) is 15.3. The van der Waals surface area contributed by atoms with Crippen LogP contribution in [0.25, 0.3) is 16.7 Å². The number of unbranched alkanes of at least 4 members (excludes halogenated alkanes) is 6. The van der Waals surface area contributed by atoms with Gasteiger partial charge in [-0.15, -0.1) is 0 Å². The van der Waals surface area contributed by atoms with Crippen LogP contribution in [0.5, 0.6) is 0 Å². The third kappa shape index (κ3) is 8.14. The summed E-state index contributed by atoms with van der Waals surface area (Å²) in [6, 6.07) is 10.5. The molecule has 0 radical (unpaired) electrons. The van der Waals surface area contributed by atoms with Crippen LogP contribution in [-0.4, -0.2) is 33.5 Å². The number of carbonyl (C=O) groups is 1. The Labute approximate surface area is 227 Å². The van der Waals surface area contributed by atoms with Crippen molar-refractivity contribution in [3.63, 3.8) is 0 Å². The molecule has 2 aromatic heterocycles. The number of fused-ring (bicyclic) bond motifs is 1. The van der Waals surface area contributed by atoms with E-state index in [2.05, 4.69) is 36.4 Å². The number of hydrogen-bond donors (Lipinski definition) is 2. The summed E-state index contributed by atoms with van der Waals surface area (Å²) in [6.45, 7) is 10.1. The van der Waals surface area contributed by atoms with Gasteiger partial charge in [0.25, 0.3) is 11.5 Å². The molecule has 2 N–H and O–H groups in total. The predicted molar refractivity (Wildman–Crippen MR) is 157 cm³/mol. The van der Waals surface area contributed by atoms with Crippen LogP contribution in [0.4, 0.5) is 5.95 Å². The van der Waals surface area contributed by atoms with Gasteiger partial charge in [-0.3, -0.25) is 14.2 Å². The molecule has 0 aliphatic rings. The monoisotopic (exact) mass is 519 g/mol. The fourth-order valence-electron chi connectivity index (χ4n) is 4.74. The molecule has 206 valence electrons. The number of aryl methyl sites for hydroxylation is 1. The first-order valence-corrected chi connectivity index (χ1v) is 14.5. The highest BCUT2D eigenvalue weighted by atomic mass is 16.1. The average Bonchev–Trinajstić information content (AvgIpc) is 2.92. The van der Waals surface area contributed by atoms with Crippen molar-refractivity contribution in [2.24, 2.45) is 5.92 Å². The molecule has 1 atom stereocenters. The van der Waals surface area contributed by atoms with E-state index in [4.69, 9.17) is 4.98 Å². The third-order valence-electron chi connectivity index (χ3n) is 7.24. The maximum absolute atomic E-state index is 13.0. The molecule has 38 heavy (non-hydrogen) atoms. The summed E-state index contributed by atoms with van der Waals surface area (Å²) < 4.78 is 1.60. The number of aromatic nitrogens is 3. The van der Waals surface area contributed by atoms with E-state index in [1.165, 1.54) is 44.9 Å². The molecule has 7 heteroatoms. The molecule has 0 aliphatic heterocycles. The van der Waals surface area contributed by atoms with E-state index < -0.39 is 0 Å². The largest absolute Gasteiger partial charge is 0.354 e. The highest BCUT2D eigenvalue weighted by molar-refractivity contribution is 5.94. The Hall–Kier alpha value is -3.22. The maximum atomic E-state index is 13.0. The van der Waals surface area contributed by atoms with Crippen LogP contribution in [0.1, 0.15) is 101 Å². The van der Waals surface area contributed by atoms with Crippen LogP contribution in [0, 0.1) is 12.8 Å². The van der Waals surface area contributed by atoms with Crippen LogP contribution >= 0.6 is 0 Å². The van der Waals surface area contributed by atoms with Crippen molar-refractivity contribution in [3.05, 3.63) is 58.0 Å². The molecule has 1 unspecified atom stereocenters. The number of rotatable bonds is 16. The van der Waals surface area contributed by atoms with Gasteiger partial charge in [0.1, 0.15) is 0 Å². The second-order valence-corrected chi connectivity index (χ2v) is 10.2. The molecule has 3 rings (SSSR count). The van der Waals surface area contributed by atoms with Crippen molar-refractivity contribution in [2.75, 3.05) is 18.4 Å². The Balaban J connectivity index is 1.74. The fourth-order valence-corrected chi connectivity index (χ4v) is 4.74. The molecule has 7 nitrogen and oxygen atoms in total. The molecule has 1 amide bonds. The Kier molecular flexibility index (Phi) is 11.8. The summed E-state index contributed by atoms with van der Waals surface area (Å²) in [6.07, 6.45) is 11.8. The Morgan fingerprint density at radius 3 is 2.32 bits per heavy atom. The Morgan fingerprint density at radius 1 is 0.895 bits per heavy atom. The SMILES string of the molecule is CCCCCCCCNC(=O)c1ccc(-n2c(=O)ccc3c(C)nc(NCC(CC)CCCC)nc32)cc1. The van der Waals surface area contributed by atoms with E-state index in [-0.39, 0.29) is 11.5 Å². The molecule has 1 aromatic carbocycles. The smallest absolute Gasteiger partial charge is 0.256 e. The van der Waals surface area contributed by atoms with Crippen molar-refractivity contribution in [1.29, 1.82) is 0 Å². The quantitative estimate of drug-likeness (QED) is 0.203. The molecule has 0 spiro atoms. The number of pyridine rings is 1. The van der Waals surface area contributed by atoms with Gasteiger partial charge in [-0.25, -0.2) is 4.98 Å². The number of amides is 1. The molecular formula is C31H45N5O2. The third-order valence-corrected chi connectivity index (χ3v) is 7.24. The molecule has 2 heterocycles. The standard InChI is InChI=1S/C31H45N5O2/c1-5-8-10-11-12-13-21-32-30(38)25-15-17-26(18-16-25)36-28(37)20-19-27-23(4)34-31(35-29(27)36)33-22-24(7-3)14-9-6-2/h15-20,24H,5-14,21-22H2,1-4H3,(H,32,38)(H,33,34,35). The Bertz CT molecular complexity index is 1220. The van der Waals surface area contributed by atoms with Gasteiger partial charge in [0.15, 0.2) is 5.65 Å². The summed E-state index contributed by atoms with van der Waals surface area (Å²) in [5.41, 5.74) is 2.47. The van der Waals surface area contributed by atoms with Crippen molar-refractivity contribution in [2.45, 2.75) is 91.9 Å². The zero-order valence-electron chi connectivity index (χ0n) is 23.7. The van der Waals surface area contributed by atoms with Crippen molar-refractivity contribution >= 4 is 22.9 Å². The number of benzene rings is 1. The number of anilines is 1.